The van der Waals surface area contributed by atoms with Crippen molar-refractivity contribution in [2.75, 3.05) is 5.75 Å². The SMILES string of the molecule is Cc1ccc([C@@H]2c3sc(=O)[nH]c3SC[C@]23CC(=O)OC3=O)cc1. The standard InChI is InChI=1S/C16H13NO4S2/c1-8-2-4-9(5-3-8)11-12-13(17-15(20)23-12)22-7-16(11)6-10(18)21-14(16)19/h2-5,11H,6-7H2,1H3,(H,17,20)/t11-,16-/m1/s1. The van der Waals surface area contributed by atoms with Crippen LogP contribution in [0.3, 0.4) is 0 Å². The number of cyclic esters (lactones) is 2. The molecule has 2 aromatic rings. The Morgan fingerprint density at radius 3 is 2.61 bits per heavy atom. The van der Waals surface area contributed by atoms with Gasteiger partial charge in [0.15, 0.2) is 0 Å². The number of H-pyrrole nitrogens is 1. The van der Waals surface area contributed by atoms with Gasteiger partial charge in [-0.2, -0.15) is 0 Å². The van der Waals surface area contributed by atoms with Gasteiger partial charge >= 0.3 is 16.8 Å². The van der Waals surface area contributed by atoms with E-state index in [-0.39, 0.29) is 17.2 Å². The summed E-state index contributed by atoms with van der Waals surface area (Å²) in [5.41, 5.74) is 1.12. The third-order valence-corrected chi connectivity index (χ3v) is 6.76. The first kappa shape index (κ1) is 14.7. The average molecular weight is 347 g/mol. The van der Waals surface area contributed by atoms with Crippen LogP contribution in [0.15, 0.2) is 34.1 Å². The lowest BCUT2D eigenvalue weighted by Gasteiger charge is -2.36. The van der Waals surface area contributed by atoms with Crippen molar-refractivity contribution >= 4 is 35.0 Å². The Kier molecular flexibility index (Phi) is 3.24. The predicted molar refractivity (Wildman–Crippen MR) is 86.8 cm³/mol. The summed E-state index contributed by atoms with van der Waals surface area (Å²) in [4.78, 5) is 39.6. The number of carbonyl (C=O) groups excluding carboxylic acids is 2. The van der Waals surface area contributed by atoms with Crippen LogP contribution < -0.4 is 4.87 Å². The van der Waals surface area contributed by atoms with Crippen molar-refractivity contribution in [2.45, 2.75) is 24.3 Å². The van der Waals surface area contributed by atoms with Crippen molar-refractivity contribution in [1.82, 2.24) is 4.98 Å². The van der Waals surface area contributed by atoms with E-state index in [1.54, 1.807) is 0 Å². The molecule has 2 aliphatic heterocycles. The maximum absolute atomic E-state index is 12.5. The minimum Gasteiger partial charge on any atom is -0.393 e. The maximum atomic E-state index is 12.5. The van der Waals surface area contributed by atoms with Gasteiger partial charge in [-0.15, -0.1) is 11.8 Å². The molecule has 2 aliphatic rings. The number of thioether (sulfide) groups is 1. The van der Waals surface area contributed by atoms with E-state index in [1.165, 1.54) is 11.8 Å². The fraction of sp³-hybridized carbons (Fsp3) is 0.312. The van der Waals surface area contributed by atoms with Crippen LogP contribution in [-0.2, 0) is 14.3 Å². The number of nitrogens with one attached hydrogen (secondary N) is 1. The summed E-state index contributed by atoms with van der Waals surface area (Å²) >= 11 is 2.53. The van der Waals surface area contributed by atoms with Crippen molar-refractivity contribution in [3.05, 3.63) is 49.9 Å². The molecule has 1 fully saturated rings. The molecular formula is C16H13NO4S2. The average Bonchev–Trinajstić information content (AvgIpc) is 3.00. The molecule has 1 spiro atoms. The third-order valence-electron chi connectivity index (χ3n) is 4.41. The Balaban J connectivity index is 1.94. The van der Waals surface area contributed by atoms with Gasteiger partial charge in [0, 0.05) is 16.5 Å². The zero-order valence-corrected chi connectivity index (χ0v) is 13.9. The molecule has 7 heteroatoms. The van der Waals surface area contributed by atoms with E-state index in [0.717, 1.165) is 32.4 Å². The summed E-state index contributed by atoms with van der Waals surface area (Å²) in [6, 6.07) is 7.87. The molecule has 0 unspecified atom stereocenters. The van der Waals surface area contributed by atoms with E-state index in [1.807, 2.05) is 31.2 Å². The molecule has 1 N–H and O–H groups in total. The topological polar surface area (TPSA) is 76.2 Å². The number of hydrogen-bond acceptors (Lipinski definition) is 6. The molecule has 4 rings (SSSR count). The molecule has 5 nitrogen and oxygen atoms in total. The molecule has 1 aromatic heterocycles. The number of aromatic nitrogens is 1. The van der Waals surface area contributed by atoms with Crippen LogP contribution in [0.5, 0.6) is 0 Å². The second-order valence-corrected chi connectivity index (χ2v) is 7.94. The van der Waals surface area contributed by atoms with Gasteiger partial charge in [0.1, 0.15) is 5.41 Å². The molecule has 0 amide bonds. The lowest BCUT2D eigenvalue weighted by atomic mass is 9.71. The van der Waals surface area contributed by atoms with Gasteiger partial charge in [0.05, 0.1) is 11.4 Å². The summed E-state index contributed by atoms with van der Waals surface area (Å²) in [6.45, 7) is 1.99. The fourth-order valence-electron chi connectivity index (χ4n) is 3.29. The largest absolute Gasteiger partial charge is 0.393 e. The normalized spacial score (nSPS) is 26.4. The van der Waals surface area contributed by atoms with E-state index in [2.05, 4.69) is 4.98 Å². The number of rotatable bonds is 1. The molecule has 118 valence electrons. The highest BCUT2D eigenvalue weighted by atomic mass is 32.2. The Hall–Kier alpha value is -1.86. The molecule has 0 radical (unpaired) electrons. The Labute approximate surface area is 140 Å². The molecule has 2 atom stereocenters. The minimum absolute atomic E-state index is 0.0584. The van der Waals surface area contributed by atoms with E-state index in [9.17, 15) is 14.4 Å². The number of fused-ring (bicyclic) bond motifs is 1. The number of aromatic amines is 1. The minimum atomic E-state index is -0.921. The van der Waals surface area contributed by atoms with Crippen LogP contribution in [0.1, 0.15) is 28.3 Å². The zero-order valence-electron chi connectivity index (χ0n) is 12.3. The van der Waals surface area contributed by atoms with Crippen LogP contribution in [0.2, 0.25) is 0 Å². The number of aryl methyl sites for hydroxylation is 1. The second kappa shape index (κ2) is 5.07. The highest BCUT2D eigenvalue weighted by molar-refractivity contribution is 7.99. The predicted octanol–water partition coefficient (Wildman–Crippen LogP) is 2.44. The van der Waals surface area contributed by atoms with E-state index >= 15 is 0 Å². The summed E-state index contributed by atoms with van der Waals surface area (Å²) in [7, 11) is 0. The monoisotopic (exact) mass is 347 g/mol. The molecule has 3 heterocycles. The Morgan fingerprint density at radius 1 is 1.22 bits per heavy atom. The lowest BCUT2D eigenvalue weighted by molar-refractivity contribution is -0.155. The van der Waals surface area contributed by atoms with Crippen LogP contribution in [0.4, 0.5) is 0 Å². The Bertz CT molecular complexity index is 867. The van der Waals surface area contributed by atoms with E-state index in [4.69, 9.17) is 4.74 Å². The quantitative estimate of drug-likeness (QED) is 0.633. The van der Waals surface area contributed by atoms with Gasteiger partial charge in [0.2, 0.25) is 0 Å². The van der Waals surface area contributed by atoms with Crippen molar-refractivity contribution < 1.29 is 14.3 Å². The van der Waals surface area contributed by atoms with Gasteiger partial charge in [0.25, 0.3) is 0 Å². The summed E-state index contributed by atoms with van der Waals surface area (Å²) < 4.78 is 4.88. The van der Waals surface area contributed by atoms with Gasteiger partial charge < -0.3 is 9.72 Å². The third kappa shape index (κ3) is 2.18. The summed E-state index contributed by atoms with van der Waals surface area (Å²) in [5.74, 6) is -0.871. The summed E-state index contributed by atoms with van der Waals surface area (Å²) in [5, 5.41) is 0.795. The number of esters is 2. The molecule has 1 saturated heterocycles. The zero-order chi connectivity index (χ0) is 16.2. The van der Waals surface area contributed by atoms with Gasteiger partial charge in [-0.05, 0) is 12.5 Å². The van der Waals surface area contributed by atoms with E-state index < -0.39 is 17.4 Å². The van der Waals surface area contributed by atoms with Gasteiger partial charge in [-0.1, -0.05) is 41.2 Å². The van der Waals surface area contributed by atoms with Crippen LogP contribution in [0, 0.1) is 12.3 Å². The van der Waals surface area contributed by atoms with Crippen LogP contribution in [0.25, 0.3) is 0 Å². The smallest absolute Gasteiger partial charge is 0.322 e. The number of carbonyl (C=O) groups is 2. The number of thiazole rings is 1. The van der Waals surface area contributed by atoms with Crippen molar-refractivity contribution in [2.24, 2.45) is 5.41 Å². The fourth-order valence-corrected chi connectivity index (χ4v) is 5.84. The molecule has 23 heavy (non-hydrogen) atoms. The number of benzene rings is 1. The molecule has 0 aliphatic carbocycles. The highest BCUT2D eigenvalue weighted by Gasteiger charge is 2.58. The number of ether oxygens (including phenoxy) is 1. The molecule has 0 bridgehead atoms. The van der Waals surface area contributed by atoms with Gasteiger partial charge in [-0.3, -0.25) is 14.4 Å². The van der Waals surface area contributed by atoms with Crippen LogP contribution >= 0.6 is 23.1 Å². The second-order valence-electron chi connectivity index (χ2n) is 5.93. The maximum Gasteiger partial charge on any atom is 0.322 e. The molecular weight excluding hydrogens is 334 g/mol. The van der Waals surface area contributed by atoms with Crippen molar-refractivity contribution in [3.8, 4) is 0 Å². The van der Waals surface area contributed by atoms with Crippen LogP contribution in [-0.4, -0.2) is 22.7 Å². The highest BCUT2D eigenvalue weighted by Crippen LogP contribution is 2.56. The first-order valence-electron chi connectivity index (χ1n) is 7.17. The summed E-state index contributed by atoms with van der Waals surface area (Å²) in [6.07, 6.45) is 0.0584. The van der Waals surface area contributed by atoms with E-state index in [0.29, 0.717) is 5.75 Å². The van der Waals surface area contributed by atoms with Gasteiger partial charge in [-0.25, -0.2) is 0 Å². The number of hydrogen-bond donors (Lipinski definition) is 1. The Morgan fingerprint density at radius 2 is 1.96 bits per heavy atom. The lowest BCUT2D eigenvalue weighted by Crippen LogP contribution is -2.39. The van der Waals surface area contributed by atoms with Crippen molar-refractivity contribution in [1.29, 1.82) is 0 Å². The van der Waals surface area contributed by atoms with Crippen molar-refractivity contribution in [3.63, 3.8) is 0 Å². The molecule has 0 saturated carbocycles. The first-order chi connectivity index (χ1) is 11.0. The first-order valence-corrected chi connectivity index (χ1v) is 8.97. The molecule has 1 aromatic carbocycles.